The van der Waals surface area contributed by atoms with Crippen molar-refractivity contribution in [2.24, 2.45) is 0 Å². The molecule has 2 aromatic rings. The summed E-state index contributed by atoms with van der Waals surface area (Å²) in [7, 11) is 1.44. The lowest BCUT2D eigenvalue weighted by atomic mass is 10.1. The maximum Gasteiger partial charge on any atom is 0.305 e. The van der Waals surface area contributed by atoms with Gasteiger partial charge in [-0.25, -0.2) is 0 Å². The molecule has 2 rings (SSSR count). The Labute approximate surface area is 147 Å². The number of halogens is 1. The zero-order valence-corrected chi connectivity index (χ0v) is 14.8. The van der Waals surface area contributed by atoms with Gasteiger partial charge in [0.1, 0.15) is 0 Å². The van der Waals surface area contributed by atoms with Gasteiger partial charge in [-0.1, -0.05) is 42.3 Å². The predicted octanol–water partition coefficient (Wildman–Crippen LogP) is 5.83. The second-order valence-electron chi connectivity index (χ2n) is 5.27. The van der Waals surface area contributed by atoms with Crippen LogP contribution < -0.4 is 0 Å². The molecule has 0 radical (unpaired) electrons. The average molecular weight is 349 g/mol. The fraction of sp³-hybridized carbons (Fsp3) is 0.316. The van der Waals surface area contributed by atoms with Crippen LogP contribution in [0, 0.1) is 0 Å². The van der Waals surface area contributed by atoms with E-state index < -0.39 is 0 Å². The summed E-state index contributed by atoms with van der Waals surface area (Å²) in [6.07, 6.45) is 3.60. The molecule has 0 bridgehead atoms. The van der Waals surface area contributed by atoms with E-state index in [-0.39, 0.29) is 5.97 Å². The Morgan fingerprint density at radius 2 is 1.57 bits per heavy atom. The van der Waals surface area contributed by atoms with E-state index in [0.29, 0.717) is 6.42 Å². The van der Waals surface area contributed by atoms with E-state index in [4.69, 9.17) is 11.6 Å². The van der Waals surface area contributed by atoms with Crippen molar-refractivity contribution in [2.75, 3.05) is 12.9 Å². The van der Waals surface area contributed by atoms with Gasteiger partial charge in [-0.3, -0.25) is 4.79 Å². The number of hydrogen-bond acceptors (Lipinski definition) is 3. The summed E-state index contributed by atoms with van der Waals surface area (Å²) in [4.78, 5) is 12.3. The van der Waals surface area contributed by atoms with Crippen LogP contribution in [0.5, 0.6) is 0 Å². The Bertz CT molecular complexity index is 608. The van der Waals surface area contributed by atoms with Crippen LogP contribution in [0.15, 0.2) is 53.4 Å². The van der Waals surface area contributed by atoms with Crippen molar-refractivity contribution in [3.8, 4) is 11.1 Å². The summed E-state index contributed by atoms with van der Waals surface area (Å²) in [6.45, 7) is 0. The number of methoxy groups -OCH3 is 1. The van der Waals surface area contributed by atoms with Gasteiger partial charge in [0.2, 0.25) is 0 Å². The van der Waals surface area contributed by atoms with Crippen molar-refractivity contribution in [1.82, 2.24) is 0 Å². The van der Waals surface area contributed by atoms with E-state index in [9.17, 15) is 4.79 Å². The van der Waals surface area contributed by atoms with E-state index in [1.165, 1.54) is 23.1 Å². The number of ether oxygens (including phenoxy) is 1. The first kappa shape index (κ1) is 17.9. The Balaban J connectivity index is 1.73. The molecule has 0 fully saturated rings. The first-order valence-corrected chi connectivity index (χ1v) is 9.11. The van der Waals surface area contributed by atoms with Gasteiger partial charge < -0.3 is 4.74 Å². The van der Waals surface area contributed by atoms with Crippen molar-refractivity contribution in [1.29, 1.82) is 0 Å². The zero-order valence-electron chi connectivity index (χ0n) is 13.3. The number of esters is 1. The largest absolute Gasteiger partial charge is 0.469 e. The highest BCUT2D eigenvalue weighted by Gasteiger charge is 2.01. The summed E-state index contributed by atoms with van der Waals surface area (Å²) in [5, 5.41) is 0.758. The van der Waals surface area contributed by atoms with E-state index in [1.54, 1.807) is 0 Å². The fourth-order valence-corrected chi connectivity index (χ4v) is 3.26. The minimum absolute atomic E-state index is 0.115. The van der Waals surface area contributed by atoms with Crippen molar-refractivity contribution in [2.45, 2.75) is 30.6 Å². The zero-order chi connectivity index (χ0) is 16.5. The van der Waals surface area contributed by atoms with Gasteiger partial charge in [0.05, 0.1) is 7.11 Å². The molecule has 122 valence electrons. The van der Waals surface area contributed by atoms with Crippen molar-refractivity contribution in [3.05, 3.63) is 53.6 Å². The highest BCUT2D eigenvalue weighted by molar-refractivity contribution is 7.99. The highest BCUT2D eigenvalue weighted by atomic mass is 35.5. The van der Waals surface area contributed by atoms with Gasteiger partial charge in [-0.2, -0.15) is 0 Å². The fourth-order valence-electron chi connectivity index (χ4n) is 2.23. The SMILES string of the molecule is COC(=O)CCCCCSc1ccc(-c2ccc(Cl)cc2)cc1. The molecule has 0 spiro atoms. The number of carbonyl (C=O) groups is 1. The Hall–Kier alpha value is -1.45. The highest BCUT2D eigenvalue weighted by Crippen LogP contribution is 2.26. The van der Waals surface area contributed by atoms with E-state index in [2.05, 4.69) is 29.0 Å². The molecule has 0 aliphatic heterocycles. The Morgan fingerprint density at radius 1 is 0.957 bits per heavy atom. The summed E-state index contributed by atoms with van der Waals surface area (Å²) in [5.41, 5.74) is 2.37. The van der Waals surface area contributed by atoms with Crippen molar-refractivity contribution in [3.63, 3.8) is 0 Å². The Kier molecular flexibility index (Phi) is 7.50. The number of carbonyl (C=O) groups excluding carboxylic acids is 1. The molecular weight excluding hydrogens is 328 g/mol. The number of unbranched alkanes of at least 4 members (excludes halogenated alkanes) is 2. The number of benzene rings is 2. The standard InChI is InChI=1S/C19H21ClO2S/c1-22-19(21)5-3-2-4-14-23-18-12-8-16(9-13-18)15-6-10-17(20)11-7-15/h6-13H,2-5,14H2,1H3. The average Bonchev–Trinajstić information content (AvgIpc) is 2.59. The van der Waals surface area contributed by atoms with Crippen molar-refractivity contribution >= 4 is 29.3 Å². The first-order valence-electron chi connectivity index (χ1n) is 7.74. The third kappa shape index (κ3) is 6.28. The monoisotopic (exact) mass is 348 g/mol. The van der Waals surface area contributed by atoms with Crippen LogP contribution in [-0.2, 0) is 9.53 Å². The van der Waals surface area contributed by atoms with Crippen molar-refractivity contribution < 1.29 is 9.53 Å². The number of thioether (sulfide) groups is 1. The minimum atomic E-state index is -0.115. The van der Waals surface area contributed by atoms with Gasteiger partial charge in [0.15, 0.2) is 0 Å². The summed E-state index contributed by atoms with van der Waals surface area (Å²) >= 11 is 7.77. The van der Waals surface area contributed by atoms with Gasteiger partial charge in [-0.05, 0) is 54.0 Å². The molecule has 0 aliphatic carbocycles. The van der Waals surface area contributed by atoms with Crippen LogP contribution in [0.2, 0.25) is 5.02 Å². The van der Waals surface area contributed by atoms with Crippen LogP contribution in [0.4, 0.5) is 0 Å². The molecular formula is C19H21ClO2S. The van der Waals surface area contributed by atoms with Crippen LogP contribution >= 0.6 is 23.4 Å². The maximum absolute atomic E-state index is 11.0. The molecule has 0 unspecified atom stereocenters. The van der Waals surface area contributed by atoms with Crippen LogP contribution in [0.1, 0.15) is 25.7 Å². The molecule has 0 N–H and O–H groups in total. The molecule has 0 aliphatic rings. The lowest BCUT2D eigenvalue weighted by Crippen LogP contribution is -1.99. The third-order valence-electron chi connectivity index (χ3n) is 3.55. The lowest BCUT2D eigenvalue weighted by Gasteiger charge is -2.05. The van der Waals surface area contributed by atoms with E-state index in [1.807, 2.05) is 36.0 Å². The molecule has 0 aromatic heterocycles. The molecule has 0 heterocycles. The normalized spacial score (nSPS) is 10.5. The van der Waals surface area contributed by atoms with Gasteiger partial charge in [-0.15, -0.1) is 11.8 Å². The third-order valence-corrected chi connectivity index (χ3v) is 4.90. The maximum atomic E-state index is 11.0. The summed E-state index contributed by atoms with van der Waals surface area (Å²) in [5.74, 6) is 0.956. The molecule has 0 amide bonds. The smallest absolute Gasteiger partial charge is 0.305 e. The van der Waals surface area contributed by atoms with Crippen LogP contribution in [0.3, 0.4) is 0 Å². The predicted molar refractivity (Wildman–Crippen MR) is 98.1 cm³/mol. The summed E-state index contributed by atoms with van der Waals surface area (Å²) in [6, 6.07) is 16.5. The van der Waals surface area contributed by atoms with E-state index in [0.717, 1.165) is 30.0 Å². The van der Waals surface area contributed by atoms with Crippen LogP contribution in [0.25, 0.3) is 11.1 Å². The molecule has 2 nitrogen and oxygen atoms in total. The van der Waals surface area contributed by atoms with E-state index >= 15 is 0 Å². The quantitative estimate of drug-likeness (QED) is 0.341. The molecule has 4 heteroatoms. The second kappa shape index (κ2) is 9.64. The number of hydrogen-bond donors (Lipinski definition) is 0. The molecule has 0 saturated heterocycles. The van der Waals surface area contributed by atoms with Crippen LogP contribution in [-0.4, -0.2) is 18.8 Å². The van der Waals surface area contributed by atoms with Gasteiger partial charge in [0.25, 0.3) is 0 Å². The topological polar surface area (TPSA) is 26.3 Å². The first-order chi connectivity index (χ1) is 11.2. The molecule has 2 aromatic carbocycles. The molecule has 0 saturated carbocycles. The number of rotatable bonds is 8. The molecule has 0 atom stereocenters. The minimum Gasteiger partial charge on any atom is -0.469 e. The van der Waals surface area contributed by atoms with Gasteiger partial charge >= 0.3 is 5.97 Å². The summed E-state index contributed by atoms with van der Waals surface area (Å²) < 4.78 is 4.63. The lowest BCUT2D eigenvalue weighted by molar-refractivity contribution is -0.140. The van der Waals surface area contributed by atoms with Gasteiger partial charge in [0, 0.05) is 16.3 Å². The molecule has 23 heavy (non-hydrogen) atoms. The second-order valence-corrected chi connectivity index (χ2v) is 6.87. The Morgan fingerprint density at radius 3 is 2.17 bits per heavy atom.